The van der Waals surface area contributed by atoms with Gasteiger partial charge in [0.1, 0.15) is 12.6 Å². The van der Waals surface area contributed by atoms with Gasteiger partial charge in [-0.15, -0.1) is 0 Å². The molecule has 0 spiro atoms. The van der Waals surface area contributed by atoms with Crippen molar-refractivity contribution < 1.29 is 18.0 Å². The Bertz CT molecular complexity index is 1510. The van der Waals surface area contributed by atoms with Crippen molar-refractivity contribution in [2.45, 2.75) is 62.6 Å². The molecule has 1 aliphatic carbocycles. The zero-order valence-corrected chi connectivity index (χ0v) is 26.7. The van der Waals surface area contributed by atoms with Gasteiger partial charge in [-0.25, -0.2) is 8.42 Å². The summed E-state index contributed by atoms with van der Waals surface area (Å²) in [5, 5.41) is 3.77. The van der Waals surface area contributed by atoms with E-state index in [9.17, 15) is 18.0 Å². The average molecular weight is 671 g/mol. The largest absolute Gasteiger partial charge is 0.352 e. The highest BCUT2D eigenvalue weighted by atomic mass is 35.5. The molecule has 0 aliphatic heterocycles. The van der Waals surface area contributed by atoms with Gasteiger partial charge < -0.3 is 10.2 Å². The highest BCUT2D eigenvalue weighted by molar-refractivity contribution is 7.92. The minimum atomic E-state index is -4.29. The molecule has 4 rings (SSSR count). The highest BCUT2D eigenvalue weighted by Crippen LogP contribution is 2.36. The molecule has 224 valence electrons. The number of hydrogen-bond donors (Lipinski definition) is 1. The average Bonchev–Trinajstić information content (AvgIpc) is 2.98. The van der Waals surface area contributed by atoms with Gasteiger partial charge in [-0.1, -0.05) is 96.0 Å². The highest BCUT2D eigenvalue weighted by Gasteiger charge is 2.34. The molecule has 7 nitrogen and oxygen atoms in total. The van der Waals surface area contributed by atoms with Crippen LogP contribution in [0.2, 0.25) is 20.1 Å². The van der Waals surface area contributed by atoms with Crippen LogP contribution >= 0.6 is 46.4 Å². The Morgan fingerprint density at radius 1 is 0.857 bits per heavy atom. The normalized spacial score (nSPS) is 14.7. The summed E-state index contributed by atoms with van der Waals surface area (Å²) in [6, 6.07) is 16.2. The second-order valence-electron chi connectivity index (χ2n) is 10.1. The first-order valence-corrected chi connectivity index (χ1v) is 16.5. The zero-order chi connectivity index (χ0) is 30.4. The number of carbonyl (C=O) groups is 2. The van der Waals surface area contributed by atoms with Crippen LogP contribution in [0, 0.1) is 0 Å². The summed E-state index contributed by atoms with van der Waals surface area (Å²) < 4.78 is 28.7. The molecule has 3 aromatic carbocycles. The van der Waals surface area contributed by atoms with E-state index < -0.39 is 28.5 Å². The summed E-state index contributed by atoms with van der Waals surface area (Å²) >= 11 is 25.6. The fourth-order valence-electron chi connectivity index (χ4n) is 4.92. The van der Waals surface area contributed by atoms with E-state index in [1.54, 1.807) is 49.4 Å². The van der Waals surface area contributed by atoms with Crippen molar-refractivity contribution >= 4 is 73.9 Å². The molecule has 0 radical (unpaired) electrons. The molecular weight excluding hydrogens is 640 g/mol. The molecular formula is C30H31Cl4N3O4S. The summed E-state index contributed by atoms with van der Waals surface area (Å²) in [5.41, 5.74) is 0.459. The molecule has 1 fully saturated rings. The van der Waals surface area contributed by atoms with Gasteiger partial charge in [0, 0.05) is 28.2 Å². The Morgan fingerprint density at radius 2 is 1.45 bits per heavy atom. The smallest absolute Gasteiger partial charge is 0.264 e. The third kappa shape index (κ3) is 7.53. The maximum atomic E-state index is 14.1. The molecule has 0 saturated heterocycles. The molecule has 2 amide bonds. The quantitative estimate of drug-likeness (QED) is 0.244. The van der Waals surface area contributed by atoms with E-state index in [1.807, 2.05) is 0 Å². The second-order valence-corrected chi connectivity index (χ2v) is 13.6. The van der Waals surface area contributed by atoms with Gasteiger partial charge in [-0.05, 0) is 56.2 Å². The molecule has 0 heterocycles. The van der Waals surface area contributed by atoms with E-state index in [1.165, 1.54) is 29.2 Å². The van der Waals surface area contributed by atoms with Gasteiger partial charge in [0.2, 0.25) is 11.8 Å². The Morgan fingerprint density at radius 3 is 2.10 bits per heavy atom. The van der Waals surface area contributed by atoms with Crippen LogP contribution in [0.1, 0.15) is 44.6 Å². The number of sulfonamides is 1. The Hall–Kier alpha value is -2.49. The monoisotopic (exact) mass is 669 g/mol. The van der Waals surface area contributed by atoms with Crippen molar-refractivity contribution in [1.29, 1.82) is 0 Å². The van der Waals surface area contributed by atoms with E-state index in [2.05, 4.69) is 5.32 Å². The van der Waals surface area contributed by atoms with Crippen molar-refractivity contribution in [3.8, 4) is 0 Å². The van der Waals surface area contributed by atoms with Crippen LogP contribution in [0.15, 0.2) is 71.6 Å². The Balaban J connectivity index is 1.73. The number of benzene rings is 3. The topological polar surface area (TPSA) is 86.8 Å². The van der Waals surface area contributed by atoms with Crippen LogP contribution in [0.3, 0.4) is 0 Å². The molecule has 0 aromatic heterocycles. The van der Waals surface area contributed by atoms with Crippen LogP contribution in [0.25, 0.3) is 0 Å². The van der Waals surface area contributed by atoms with Gasteiger partial charge in [0.25, 0.3) is 10.0 Å². The van der Waals surface area contributed by atoms with Crippen LogP contribution in [-0.4, -0.2) is 43.8 Å². The Labute approximate surface area is 266 Å². The Kier molecular flexibility index (Phi) is 11.1. The van der Waals surface area contributed by atoms with Crippen molar-refractivity contribution in [3.05, 3.63) is 92.4 Å². The van der Waals surface area contributed by atoms with Crippen molar-refractivity contribution in [3.63, 3.8) is 0 Å². The number of nitrogens with one attached hydrogen (secondary N) is 1. The standard InChI is InChI=1S/C30H31Cl4N3O4S/c1-20(30(39)35-21-10-4-2-5-11-21)36(18-23-24(31)14-8-15-25(23)32)28(38)19-37(27-17-9-16-26(33)29(27)34)42(40,41)22-12-6-3-7-13-22/h3,6-9,12-17,20-21H,2,4-5,10-11,18-19H2,1H3,(H,35,39)/t20-/m0/s1. The molecule has 3 aromatic rings. The van der Waals surface area contributed by atoms with E-state index in [4.69, 9.17) is 46.4 Å². The zero-order valence-electron chi connectivity index (χ0n) is 22.9. The molecule has 42 heavy (non-hydrogen) atoms. The predicted molar refractivity (Wildman–Crippen MR) is 169 cm³/mol. The third-order valence-electron chi connectivity index (χ3n) is 7.32. The lowest BCUT2D eigenvalue weighted by molar-refractivity contribution is -0.139. The van der Waals surface area contributed by atoms with Crippen LogP contribution in [-0.2, 0) is 26.2 Å². The second kappa shape index (κ2) is 14.3. The fraction of sp³-hybridized carbons (Fsp3) is 0.333. The number of rotatable bonds is 10. The van der Waals surface area contributed by atoms with Crippen molar-refractivity contribution in [2.75, 3.05) is 10.8 Å². The van der Waals surface area contributed by atoms with Crippen LogP contribution in [0.5, 0.6) is 0 Å². The molecule has 12 heteroatoms. The first-order chi connectivity index (χ1) is 20.0. The van der Waals surface area contributed by atoms with Gasteiger partial charge >= 0.3 is 0 Å². The first-order valence-electron chi connectivity index (χ1n) is 13.5. The molecule has 1 atom stereocenters. The molecule has 1 aliphatic rings. The summed E-state index contributed by atoms with van der Waals surface area (Å²) in [6.07, 6.45) is 4.88. The number of carbonyl (C=O) groups excluding carboxylic acids is 2. The van der Waals surface area contributed by atoms with E-state index in [-0.39, 0.29) is 39.1 Å². The summed E-state index contributed by atoms with van der Waals surface area (Å²) in [7, 11) is -4.29. The minimum absolute atomic E-state index is 0.00905. The summed E-state index contributed by atoms with van der Waals surface area (Å²) in [4.78, 5) is 28.8. The number of nitrogens with zero attached hydrogens (tertiary/aromatic N) is 2. The van der Waals surface area contributed by atoms with Gasteiger partial charge in [-0.3, -0.25) is 13.9 Å². The predicted octanol–water partition coefficient (Wildman–Crippen LogP) is 7.36. The maximum Gasteiger partial charge on any atom is 0.264 e. The summed E-state index contributed by atoms with van der Waals surface area (Å²) in [5.74, 6) is -1.01. The van der Waals surface area contributed by atoms with Gasteiger partial charge in [0.15, 0.2) is 0 Å². The lowest BCUT2D eigenvalue weighted by Gasteiger charge is -2.33. The van der Waals surface area contributed by atoms with Crippen LogP contribution in [0.4, 0.5) is 5.69 Å². The van der Waals surface area contributed by atoms with E-state index >= 15 is 0 Å². The van der Waals surface area contributed by atoms with E-state index in [0.717, 1.165) is 36.4 Å². The van der Waals surface area contributed by atoms with Gasteiger partial charge in [-0.2, -0.15) is 0 Å². The molecule has 1 saturated carbocycles. The van der Waals surface area contributed by atoms with Gasteiger partial charge in [0.05, 0.1) is 20.6 Å². The van der Waals surface area contributed by atoms with Crippen LogP contribution < -0.4 is 9.62 Å². The molecule has 0 bridgehead atoms. The number of hydrogen-bond acceptors (Lipinski definition) is 4. The summed E-state index contributed by atoms with van der Waals surface area (Å²) in [6.45, 7) is 0.808. The lowest BCUT2D eigenvalue weighted by atomic mass is 9.95. The maximum absolute atomic E-state index is 14.1. The number of amides is 2. The minimum Gasteiger partial charge on any atom is -0.352 e. The lowest BCUT2D eigenvalue weighted by Crippen LogP contribution is -2.53. The molecule has 0 unspecified atom stereocenters. The number of anilines is 1. The first kappa shape index (κ1) is 32.4. The van der Waals surface area contributed by atoms with Crippen molar-refractivity contribution in [2.24, 2.45) is 0 Å². The third-order valence-corrected chi connectivity index (χ3v) is 10.6. The van der Waals surface area contributed by atoms with Crippen molar-refractivity contribution in [1.82, 2.24) is 10.2 Å². The number of halogens is 4. The SMILES string of the molecule is C[C@@H](C(=O)NC1CCCCC1)N(Cc1c(Cl)cccc1Cl)C(=O)CN(c1cccc(Cl)c1Cl)S(=O)(=O)c1ccccc1. The molecule has 1 N–H and O–H groups in total. The van der Waals surface area contributed by atoms with E-state index in [0.29, 0.717) is 15.6 Å². The fourth-order valence-corrected chi connectivity index (χ4v) is 7.33.